The molecule has 1 aliphatic rings. The predicted octanol–water partition coefficient (Wildman–Crippen LogP) is 5.37. The van der Waals surface area contributed by atoms with Gasteiger partial charge >= 0.3 is 5.97 Å². The van der Waals surface area contributed by atoms with Crippen molar-refractivity contribution in [2.45, 2.75) is 37.5 Å². The average molecular weight is 513 g/mol. The second-order valence-corrected chi connectivity index (χ2v) is 10.2. The monoisotopic (exact) mass is 512 g/mol. The van der Waals surface area contributed by atoms with Crippen molar-refractivity contribution < 1.29 is 19.1 Å². The van der Waals surface area contributed by atoms with Gasteiger partial charge in [-0.2, -0.15) is 0 Å². The Kier molecular flexibility index (Phi) is 8.25. The van der Waals surface area contributed by atoms with E-state index >= 15 is 0 Å². The molecule has 1 amide bonds. The standard InChI is InChI=1S/C25H28N4O4S2/c1-16-4-6-19(7-5-16)33-22-12-20(34-15-23(31)32-3)13-26-24(22)28-25-27-21(14-35-25)18-8-10-29(11-9-18)17(2)30/h4-7,12-14,18H,8-11,15H2,1-3H3,(H,26,27,28). The van der Waals surface area contributed by atoms with Gasteiger partial charge in [0.1, 0.15) is 5.75 Å². The molecule has 184 valence electrons. The molecule has 0 aliphatic carbocycles. The Bertz CT molecular complexity index is 1170. The van der Waals surface area contributed by atoms with Crippen molar-refractivity contribution in [3.63, 3.8) is 0 Å². The van der Waals surface area contributed by atoms with Gasteiger partial charge in [-0.25, -0.2) is 9.97 Å². The van der Waals surface area contributed by atoms with E-state index in [2.05, 4.69) is 15.7 Å². The highest BCUT2D eigenvalue weighted by Gasteiger charge is 2.24. The number of rotatable bonds is 8. The number of benzene rings is 1. The second kappa shape index (κ2) is 11.5. The van der Waals surface area contributed by atoms with Crippen LogP contribution in [-0.2, 0) is 14.3 Å². The lowest BCUT2D eigenvalue weighted by molar-refractivity contribution is -0.137. The topological polar surface area (TPSA) is 93.6 Å². The Morgan fingerprint density at radius 2 is 1.97 bits per heavy atom. The number of thiazole rings is 1. The average Bonchev–Trinajstić information content (AvgIpc) is 3.34. The van der Waals surface area contributed by atoms with Gasteiger partial charge in [0.2, 0.25) is 5.91 Å². The molecule has 1 saturated heterocycles. The van der Waals surface area contributed by atoms with Gasteiger partial charge < -0.3 is 19.7 Å². The van der Waals surface area contributed by atoms with Gasteiger partial charge in [0.15, 0.2) is 16.7 Å². The van der Waals surface area contributed by atoms with E-state index in [0.29, 0.717) is 23.2 Å². The molecule has 3 aromatic rings. The van der Waals surface area contributed by atoms with Crippen LogP contribution in [0.1, 0.15) is 36.9 Å². The molecule has 0 bridgehead atoms. The first kappa shape index (κ1) is 25.0. The van der Waals surface area contributed by atoms with Crippen molar-refractivity contribution in [2.24, 2.45) is 0 Å². The molecule has 2 aromatic heterocycles. The highest BCUT2D eigenvalue weighted by molar-refractivity contribution is 8.00. The van der Waals surface area contributed by atoms with Crippen molar-refractivity contribution in [1.29, 1.82) is 0 Å². The lowest BCUT2D eigenvalue weighted by Crippen LogP contribution is -2.36. The third-order valence-electron chi connectivity index (χ3n) is 5.77. The van der Waals surface area contributed by atoms with E-state index < -0.39 is 0 Å². The number of piperidine rings is 1. The van der Waals surface area contributed by atoms with E-state index in [1.165, 1.54) is 30.2 Å². The van der Waals surface area contributed by atoms with Crippen molar-refractivity contribution in [3.8, 4) is 11.5 Å². The number of nitrogens with zero attached hydrogens (tertiary/aromatic N) is 3. The molecule has 8 nitrogen and oxygen atoms in total. The minimum Gasteiger partial charge on any atom is -0.468 e. The third-order valence-corrected chi connectivity index (χ3v) is 7.48. The third kappa shape index (κ3) is 6.73. The molecule has 1 aliphatic heterocycles. The minimum absolute atomic E-state index is 0.129. The molecule has 3 heterocycles. The number of ether oxygens (including phenoxy) is 2. The van der Waals surface area contributed by atoms with Crippen LogP contribution < -0.4 is 10.1 Å². The number of nitrogens with one attached hydrogen (secondary N) is 1. The summed E-state index contributed by atoms with van der Waals surface area (Å²) in [6.45, 7) is 5.17. The first-order chi connectivity index (χ1) is 16.9. The number of hydrogen-bond acceptors (Lipinski definition) is 9. The van der Waals surface area contributed by atoms with Crippen LogP contribution in [0.4, 0.5) is 10.9 Å². The smallest absolute Gasteiger partial charge is 0.315 e. The maximum Gasteiger partial charge on any atom is 0.315 e. The second-order valence-electron chi connectivity index (χ2n) is 8.28. The van der Waals surface area contributed by atoms with Gasteiger partial charge in [-0.1, -0.05) is 17.7 Å². The molecule has 0 radical (unpaired) electrons. The van der Waals surface area contributed by atoms with Crippen LogP contribution in [0.2, 0.25) is 0 Å². The highest BCUT2D eigenvalue weighted by atomic mass is 32.2. The van der Waals surface area contributed by atoms with Crippen molar-refractivity contribution in [2.75, 3.05) is 31.3 Å². The summed E-state index contributed by atoms with van der Waals surface area (Å²) >= 11 is 2.85. The highest BCUT2D eigenvalue weighted by Crippen LogP contribution is 2.36. The summed E-state index contributed by atoms with van der Waals surface area (Å²) in [5, 5.41) is 6.09. The van der Waals surface area contributed by atoms with Gasteiger partial charge in [0.25, 0.3) is 0 Å². The number of methoxy groups -OCH3 is 1. The zero-order valence-corrected chi connectivity index (χ0v) is 21.6. The summed E-state index contributed by atoms with van der Waals surface area (Å²) in [5.41, 5.74) is 2.17. The summed E-state index contributed by atoms with van der Waals surface area (Å²) in [7, 11) is 1.37. The van der Waals surface area contributed by atoms with E-state index in [-0.39, 0.29) is 17.6 Å². The van der Waals surface area contributed by atoms with Crippen molar-refractivity contribution in [1.82, 2.24) is 14.9 Å². The number of aryl methyl sites for hydroxylation is 1. The van der Waals surface area contributed by atoms with Crippen LogP contribution in [0.3, 0.4) is 0 Å². The van der Waals surface area contributed by atoms with Crippen LogP contribution >= 0.6 is 23.1 Å². The van der Waals surface area contributed by atoms with Gasteiger partial charge in [0.05, 0.1) is 18.6 Å². The predicted molar refractivity (Wildman–Crippen MR) is 138 cm³/mol. The van der Waals surface area contributed by atoms with Crippen molar-refractivity contribution >= 4 is 45.9 Å². The number of esters is 1. The van der Waals surface area contributed by atoms with E-state index in [9.17, 15) is 9.59 Å². The van der Waals surface area contributed by atoms with Gasteiger partial charge in [-0.15, -0.1) is 23.1 Å². The summed E-state index contributed by atoms with van der Waals surface area (Å²) in [6, 6.07) is 9.63. The van der Waals surface area contributed by atoms with Crippen LogP contribution in [0.25, 0.3) is 0 Å². The fraction of sp³-hybridized carbons (Fsp3) is 0.360. The number of amides is 1. The lowest BCUT2D eigenvalue weighted by atomic mass is 9.94. The molecular formula is C25H28N4O4S2. The zero-order valence-electron chi connectivity index (χ0n) is 19.9. The van der Waals surface area contributed by atoms with E-state index in [1.54, 1.807) is 13.1 Å². The first-order valence-electron chi connectivity index (χ1n) is 11.3. The van der Waals surface area contributed by atoms with Gasteiger partial charge in [-0.05, 0) is 38.0 Å². The zero-order chi connectivity index (χ0) is 24.8. The fourth-order valence-electron chi connectivity index (χ4n) is 3.73. The Labute approximate surface area is 213 Å². The maximum absolute atomic E-state index is 11.6. The summed E-state index contributed by atoms with van der Waals surface area (Å²) in [6.07, 6.45) is 3.52. The van der Waals surface area contributed by atoms with Crippen LogP contribution in [0.15, 0.2) is 46.8 Å². The van der Waals surface area contributed by atoms with Gasteiger partial charge in [-0.3, -0.25) is 9.59 Å². The molecule has 1 N–H and O–H groups in total. The molecule has 1 aromatic carbocycles. The lowest BCUT2D eigenvalue weighted by Gasteiger charge is -2.30. The number of thioether (sulfide) groups is 1. The fourth-order valence-corrected chi connectivity index (χ4v) is 5.25. The number of aromatic nitrogens is 2. The SMILES string of the molecule is COC(=O)CSc1cnc(Nc2nc(C3CCN(C(C)=O)CC3)cs2)c(Oc2ccc(C)cc2)c1. The minimum atomic E-state index is -0.303. The molecule has 35 heavy (non-hydrogen) atoms. The molecule has 0 unspecified atom stereocenters. The Hall–Kier alpha value is -3.11. The van der Waals surface area contributed by atoms with Crippen LogP contribution in [0.5, 0.6) is 11.5 Å². The molecule has 4 rings (SSSR count). The van der Waals surface area contributed by atoms with Crippen LogP contribution in [0, 0.1) is 6.92 Å². The number of likely N-dealkylation sites (tertiary alicyclic amines) is 1. The van der Waals surface area contributed by atoms with Crippen molar-refractivity contribution in [3.05, 3.63) is 53.2 Å². The Balaban J connectivity index is 1.50. The van der Waals surface area contributed by atoms with E-state index in [4.69, 9.17) is 14.5 Å². The van der Waals surface area contributed by atoms with E-state index in [1.807, 2.05) is 42.2 Å². The summed E-state index contributed by atoms with van der Waals surface area (Å²) in [4.78, 5) is 35.2. The quantitative estimate of drug-likeness (QED) is 0.318. The molecule has 0 atom stereocenters. The Morgan fingerprint density at radius 3 is 2.66 bits per heavy atom. The Morgan fingerprint density at radius 1 is 1.23 bits per heavy atom. The summed E-state index contributed by atoms with van der Waals surface area (Å²) in [5.74, 6) is 2.12. The number of carbonyl (C=O) groups is 2. The largest absolute Gasteiger partial charge is 0.468 e. The first-order valence-corrected chi connectivity index (χ1v) is 13.2. The maximum atomic E-state index is 11.6. The number of pyridine rings is 1. The molecule has 10 heteroatoms. The van der Waals surface area contributed by atoms with Crippen LogP contribution in [-0.4, -0.2) is 52.7 Å². The molecule has 1 fully saturated rings. The molecule has 0 saturated carbocycles. The molecular weight excluding hydrogens is 484 g/mol. The van der Waals surface area contributed by atoms with Gasteiger partial charge in [0, 0.05) is 42.4 Å². The molecule has 0 spiro atoms. The number of hydrogen-bond donors (Lipinski definition) is 1. The van der Waals surface area contributed by atoms with E-state index in [0.717, 1.165) is 47.2 Å². The number of carbonyl (C=O) groups excluding carboxylic acids is 2. The number of anilines is 2. The summed E-state index contributed by atoms with van der Waals surface area (Å²) < 4.78 is 10.9. The normalized spacial score (nSPS) is 14.0.